The lowest BCUT2D eigenvalue weighted by atomic mass is 10.2. The molecule has 1 atom stereocenters. The molecule has 2 aromatic rings. The molecule has 110 valence electrons. The second-order valence-corrected chi connectivity index (χ2v) is 6.95. The fourth-order valence-electron chi connectivity index (χ4n) is 2.64. The predicted molar refractivity (Wildman–Crippen MR) is 83.8 cm³/mol. The number of pyridine rings is 1. The predicted octanol–water partition coefficient (Wildman–Crippen LogP) is 2.55. The summed E-state index contributed by atoms with van der Waals surface area (Å²) in [5.74, 6) is 0. The Bertz CT molecular complexity index is 759. The van der Waals surface area contributed by atoms with Crippen LogP contribution in [0, 0.1) is 0 Å². The van der Waals surface area contributed by atoms with Gasteiger partial charge in [-0.2, -0.15) is 0 Å². The molecule has 0 radical (unpaired) electrons. The number of aryl methyl sites for hydroxylation is 1. The molecule has 0 bridgehead atoms. The van der Waals surface area contributed by atoms with Crippen molar-refractivity contribution in [3.8, 4) is 0 Å². The van der Waals surface area contributed by atoms with Crippen LogP contribution in [0.2, 0.25) is 0 Å². The lowest BCUT2D eigenvalue weighted by Gasteiger charge is -2.18. The van der Waals surface area contributed by atoms with E-state index >= 15 is 0 Å². The monoisotopic (exact) mass is 303 g/mol. The number of sulfonamides is 1. The Balaban J connectivity index is 1.87. The highest BCUT2D eigenvalue weighted by atomic mass is 32.2. The van der Waals surface area contributed by atoms with E-state index in [1.54, 1.807) is 18.3 Å². The Morgan fingerprint density at radius 2 is 1.90 bits per heavy atom. The number of fused-ring (bicyclic) bond motifs is 1. The number of benzene rings is 1. The quantitative estimate of drug-likeness (QED) is 0.910. The SMILES string of the molecule is CS(=O)(=O)Nc1ccccc1NC1CCc2cccnc21. The van der Waals surface area contributed by atoms with E-state index < -0.39 is 10.0 Å². The van der Waals surface area contributed by atoms with Gasteiger partial charge in [-0.05, 0) is 36.6 Å². The maximum atomic E-state index is 11.4. The Labute approximate surface area is 124 Å². The van der Waals surface area contributed by atoms with Gasteiger partial charge in [0.2, 0.25) is 10.0 Å². The first kappa shape index (κ1) is 13.9. The maximum absolute atomic E-state index is 11.4. The van der Waals surface area contributed by atoms with Gasteiger partial charge in [-0.1, -0.05) is 18.2 Å². The number of rotatable bonds is 4. The minimum absolute atomic E-state index is 0.115. The van der Waals surface area contributed by atoms with Crippen molar-refractivity contribution >= 4 is 21.4 Å². The Hall–Kier alpha value is -2.08. The molecule has 3 rings (SSSR count). The van der Waals surface area contributed by atoms with Crippen LogP contribution in [0.25, 0.3) is 0 Å². The van der Waals surface area contributed by atoms with Crippen LogP contribution in [0.3, 0.4) is 0 Å². The number of anilines is 2. The molecule has 0 amide bonds. The summed E-state index contributed by atoms with van der Waals surface area (Å²) in [5, 5.41) is 3.40. The maximum Gasteiger partial charge on any atom is 0.229 e. The summed E-state index contributed by atoms with van der Waals surface area (Å²) < 4.78 is 25.4. The lowest BCUT2D eigenvalue weighted by Crippen LogP contribution is -2.14. The molecule has 1 heterocycles. The number of nitrogens with one attached hydrogen (secondary N) is 2. The van der Waals surface area contributed by atoms with Crippen molar-refractivity contribution in [1.29, 1.82) is 0 Å². The molecule has 2 N–H and O–H groups in total. The van der Waals surface area contributed by atoms with Crippen LogP contribution in [0.4, 0.5) is 11.4 Å². The van der Waals surface area contributed by atoms with Crippen molar-refractivity contribution in [3.05, 3.63) is 53.9 Å². The number of aromatic nitrogens is 1. The Morgan fingerprint density at radius 1 is 1.14 bits per heavy atom. The van der Waals surface area contributed by atoms with E-state index in [1.807, 2.05) is 18.2 Å². The van der Waals surface area contributed by atoms with Crippen molar-refractivity contribution in [3.63, 3.8) is 0 Å². The van der Waals surface area contributed by atoms with Gasteiger partial charge in [-0.25, -0.2) is 8.42 Å². The number of nitrogens with zero attached hydrogens (tertiary/aromatic N) is 1. The van der Waals surface area contributed by atoms with E-state index in [0.717, 1.165) is 30.5 Å². The van der Waals surface area contributed by atoms with Crippen LogP contribution in [0.1, 0.15) is 23.7 Å². The van der Waals surface area contributed by atoms with Crippen LogP contribution in [0.5, 0.6) is 0 Å². The van der Waals surface area contributed by atoms with Gasteiger partial charge < -0.3 is 5.32 Å². The van der Waals surface area contributed by atoms with E-state index in [-0.39, 0.29) is 6.04 Å². The van der Waals surface area contributed by atoms with Crippen LogP contribution < -0.4 is 10.0 Å². The topological polar surface area (TPSA) is 71.1 Å². The van der Waals surface area contributed by atoms with Gasteiger partial charge in [0.05, 0.1) is 29.4 Å². The normalized spacial score (nSPS) is 17.3. The molecule has 1 aliphatic rings. The van der Waals surface area contributed by atoms with Crippen molar-refractivity contribution in [2.45, 2.75) is 18.9 Å². The summed E-state index contributed by atoms with van der Waals surface area (Å²) in [7, 11) is -3.30. The summed E-state index contributed by atoms with van der Waals surface area (Å²) in [4.78, 5) is 4.44. The highest BCUT2D eigenvalue weighted by Crippen LogP contribution is 2.34. The van der Waals surface area contributed by atoms with E-state index in [0.29, 0.717) is 5.69 Å². The van der Waals surface area contributed by atoms with Gasteiger partial charge >= 0.3 is 0 Å². The minimum atomic E-state index is -3.30. The molecule has 0 fully saturated rings. The molecular weight excluding hydrogens is 286 g/mol. The third-order valence-corrected chi connectivity index (χ3v) is 4.10. The number of hydrogen-bond acceptors (Lipinski definition) is 4. The van der Waals surface area contributed by atoms with E-state index in [2.05, 4.69) is 21.1 Å². The standard InChI is InChI=1S/C15H17N3O2S/c1-21(19,20)18-13-7-3-2-6-12(13)17-14-9-8-11-5-4-10-16-15(11)14/h2-7,10,14,17-18H,8-9H2,1H3. The van der Waals surface area contributed by atoms with Gasteiger partial charge in [0.25, 0.3) is 0 Å². The Kier molecular flexibility index (Phi) is 3.55. The molecule has 0 saturated carbocycles. The first-order chi connectivity index (χ1) is 10.0. The second-order valence-electron chi connectivity index (χ2n) is 5.20. The van der Waals surface area contributed by atoms with Crippen LogP contribution >= 0.6 is 0 Å². The fraction of sp³-hybridized carbons (Fsp3) is 0.267. The molecular formula is C15H17N3O2S. The summed E-state index contributed by atoms with van der Waals surface area (Å²) >= 11 is 0. The lowest BCUT2D eigenvalue weighted by molar-refractivity contribution is 0.607. The van der Waals surface area contributed by atoms with Crippen molar-refractivity contribution in [2.24, 2.45) is 0 Å². The number of hydrogen-bond donors (Lipinski definition) is 2. The van der Waals surface area contributed by atoms with Gasteiger partial charge in [-0.3, -0.25) is 9.71 Å². The summed E-state index contributed by atoms with van der Waals surface area (Å²) in [6.07, 6.45) is 4.89. The van der Waals surface area contributed by atoms with Gasteiger partial charge in [0.15, 0.2) is 0 Å². The highest BCUT2D eigenvalue weighted by molar-refractivity contribution is 7.92. The zero-order valence-electron chi connectivity index (χ0n) is 11.7. The van der Waals surface area contributed by atoms with Gasteiger partial charge in [-0.15, -0.1) is 0 Å². The average Bonchev–Trinajstić information content (AvgIpc) is 2.83. The third-order valence-electron chi connectivity index (χ3n) is 3.51. The zero-order chi connectivity index (χ0) is 14.9. The molecule has 1 aliphatic carbocycles. The van der Waals surface area contributed by atoms with Crippen molar-refractivity contribution in [1.82, 2.24) is 4.98 Å². The molecule has 1 aromatic carbocycles. The fourth-order valence-corrected chi connectivity index (χ4v) is 3.22. The number of para-hydroxylation sites is 2. The molecule has 0 spiro atoms. The summed E-state index contributed by atoms with van der Waals surface area (Å²) in [6.45, 7) is 0. The second kappa shape index (κ2) is 5.37. The van der Waals surface area contributed by atoms with Crippen LogP contribution in [-0.4, -0.2) is 19.7 Å². The van der Waals surface area contributed by atoms with Gasteiger partial charge in [0.1, 0.15) is 0 Å². The van der Waals surface area contributed by atoms with Crippen molar-refractivity contribution < 1.29 is 8.42 Å². The largest absolute Gasteiger partial charge is 0.375 e. The molecule has 0 aliphatic heterocycles. The van der Waals surface area contributed by atoms with Gasteiger partial charge in [0, 0.05) is 6.20 Å². The summed E-state index contributed by atoms with van der Waals surface area (Å²) in [5.41, 5.74) is 3.63. The van der Waals surface area contributed by atoms with E-state index in [1.165, 1.54) is 5.56 Å². The summed E-state index contributed by atoms with van der Waals surface area (Å²) in [6, 6.07) is 11.4. The van der Waals surface area contributed by atoms with E-state index in [4.69, 9.17) is 0 Å². The molecule has 6 heteroatoms. The average molecular weight is 303 g/mol. The first-order valence-corrected chi connectivity index (χ1v) is 8.69. The van der Waals surface area contributed by atoms with Crippen LogP contribution in [-0.2, 0) is 16.4 Å². The molecule has 5 nitrogen and oxygen atoms in total. The minimum Gasteiger partial charge on any atom is -0.375 e. The first-order valence-electron chi connectivity index (χ1n) is 6.80. The van der Waals surface area contributed by atoms with Crippen LogP contribution in [0.15, 0.2) is 42.6 Å². The highest BCUT2D eigenvalue weighted by Gasteiger charge is 2.24. The smallest absolute Gasteiger partial charge is 0.229 e. The van der Waals surface area contributed by atoms with E-state index in [9.17, 15) is 8.42 Å². The molecule has 1 unspecified atom stereocenters. The Morgan fingerprint density at radius 3 is 2.67 bits per heavy atom. The molecule has 0 saturated heterocycles. The third kappa shape index (κ3) is 3.16. The zero-order valence-corrected chi connectivity index (χ0v) is 12.5. The van der Waals surface area contributed by atoms with Crippen molar-refractivity contribution in [2.75, 3.05) is 16.3 Å². The molecule has 1 aromatic heterocycles. The molecule has 21 heavy (non-hydrogen) atoms.